The molecule has 0 fully saturated rings. The number of phenolic OH excluding ortho intramolecular Hbond substituents is 1. The fourth-order valence-corrected chi connectivity index (χ4v) is 2.60. The van der Waals surface area contributed by atoms with Crippen LogP contribution in [0.2, 0.25) is 10.0 Å². The van der Waals surface area contributed by atoms with E-state index in [1.165, 1.54) is 18.2 Å². The molecular formula is C12H8Cl2N2O4S. The lowest BCUT2D eigenvalue weighted by Crippen LogP contribution is -1.97. The number of aromatic nitrogens is 2. The summed E-state index contributed by atoms with van der Waals surface area (Å²) in [5, 5.41) is 26.7. The molecule has 0 amide bonds. The van der Waals surface area contributed by atoms with Crippen LogP contribution in [0.1, 0.15) is 11.5 Å². The lowest BCUT2D eigenvalue weighted by molar-refractivity contribution is -0.131. The number of halogens is 2. The summed E-state index contributed by atoms with van der Waals surface area (Å²) < 4.78 is 5.10. The number of carbonyl (C=O) groups is 1. The highest BCUT2D eigenvalue weighted by atomic mass is 35.5. The Morgan fingerprint density at radius 1 is 1.38 bits per heavy atom. The van der Waals surface area contributed by atoms with E-state index in [0.29, 0.717) is 5.89 Å². The van der Waals surface area contributed by atoms with Gasteiger partial charge in [-0.25, -0.2) is 4.79 Å². The fraction of sp³-hybridized carbons (Fsp3) is 0.0833. The van der Waals surface area contributed by atoms with E-state index < -0.39 is 5.97 Å². The van der Waals surface area contributed by atoms with Gasteiger partial charge in [0.1, 0.15) is 10.7 Å². The summed E-state index contributed by atoms with van der Waals surface area (Å²) in [7, 11) is 0. The van der Waals surface area contributed by atoms with Gasteiger partial charge in [-0.05, 0) is 30.0 Å². The maximum absolute atomic E-state index is 11.3. The molecular weight excluding hydrogens is 339 g/mol. The number of aromatic hydroxyl groups is 1. The van der Waals surface area contributed by atoms with Gasteiger partial charge in [-0.1, -0.05) is 23.2 Å². The fourth-order valence-electron chi connectivity index (χ4n) is 1.39. The molecule has 1 heterocycles. The number of nitrogens with zero attached hydrogens (tertiary/aromatic N) is 2. The van der Waals surface area contributed by atoms with E-state index in [4.69, 9.17) is 27.6 Å². The second-order valence-electron chi connectivity index (χ2n) is 3.83. The Kier molecular flexibility index (Phi) is 4.76. The maximum atomic E-state index is 11.3. The van der Waals surface area contributed by atoms with Crippen molar-refractivity contribution in [3.8, 4) is 5.75 Å². The summed E-state index contributed by atoms with van der Waals surface area (Å²) in [6, 6.07) is 2.75. The molecule has 1 aromatic heterocycles. The summed E-state index contributed by atoms with van der Waals surface area (Å²) >= 11 is 12.4. The Labute approximate surface area is 133 Å². The molecule has 0 aliphatic rings. The molecule has 0 aliphatic carbocycles. The second kappa shape index (κ2) is 6.38. The minimum Gasteiger partial charge on any atom is -0.506 e. The zero-order valence-electron chi connectivity index (χ0n) is 10.5. The first-order valence-electron chi connectivity index (χ1n) is 5.48. The number of hydrogen-bond donors (Lipinski definition) is 2. The molecule has 1 aromatic carbocycles. The van der Waals surface area contributed by atoms with Gasteiger partial charge in [0, 0.05) is 17.5 Å². The third kappa shape index (κ3) is 3.90. The molecule has 0 unspecified atom stereocenters. The first-order chi connectivity index (χ1) is 9.86. The van der Waals surface area contributed by atoms with Gasteiger partial charge in [0.15, 0.2) is 0 Å². The van der Waals surface area contributed by atoms with Crippen molar-refractivity contribution in [2.24, 2.45) is 0 Å². The van der Waals surface area contributed by atoms with Crippen LogP contribution in [-0.2, 0) is 4.79 Å². The molecule has 0 saturated carbocycles. The predicted molar refractivity (Wildman–Crippen MR) is 78.6 cm³/mol. The van der Waals surface area contributed by atoms with Gasteiger partial charge in [-0.2, -0.15) is 0 Å². The van der Waals surface area contributed by atoms with E-state index in [-0.39, 0.29) is 31.5 Å². The van der Waals surface area contributed by atoms with E-state index in [1.54, 1.807) is 6.92 Å². The highest BCUT2D eigenvalue weighted by molar-refractivity contribution is 8.03. The molecule has 0 aliphatic heterocycles. The van der Waals surface area contributed by atoms with Crippen molar-refractivity contribution in [2.45, 2.75) is 12.1 Å². The standard InChI is InChI=1S/C12H8Cl2N2O4S/c1-5-15-16-12(20-5)21-9(11(18)19)3-6-2-7(13)4-8(14)10(6)17/h2-4,17H,1H3,(H,18,19)/b9-3-. The topological polar surface area (TPSA) is 96.5 Å². The molecule has 2 rings (SSSR count). The van der Waals surface area contributed by atoms with Crippen LogP contribution in [0, 0.1) is 6.92 Å². The van der Waals surface area contributed by atoms with Crippen LogP contribution in [0.15, 0.2) is 26.7 Å². The summed E-state index contributed by atoms with van der Waals surface area (Å²) in [6.07, 6.45) is 1.22. The van der Waals surface area contributed by atoms with Crippen LogP contribution >= 0.6 is 35.0 Å². The minimum atomic E-state index is -1.22. The van der Waals surface area contributed by atoms with Crippen LogP contribution in [0.5, 0.6) is 5.75 Å². The number of benzene rings is 1. The first kappa shape index (κ1) is 15.7. The third-order valence-electron chi connectivity index (χ3n) is 2.26. The SMILES string of the molecule is Cc1nnc(S/C(=C\c2cc(Cl)cc(Cl)c2O)C(=O)O)o1. The van der Waals surface area contributed by atoms with E-state index in [0.717, 1.165) is 11.8 Å². The second-order valence-corrected chi connectivity index (χ2v) is 5.67. The molecule has 2 aromatic rings. The van der Waals surface area contributed by atoms with Crippen LogP contribution < -0.4 is 0 Å². The van der Waals surface area contributed by atoms with Crippen molar-refractivity contribution in [3.05, 3.63) is 38.5 Å². The van der Waals surface area contributed by atoms with Gasteiger partial charge in [-0.3, -0.25) is 0 Å². The van der Waals surface area contributed by atoms with Crippen molar-refractivity contribution in [2.75, 3.05) is 0 Å². The largest absolute Gasteiger partial charge is 0.506 e. The number of carboxylic acids is 1. The van der Waals surface area contributed by atoms with Crippen molar-refractivity contribution < 1.29 is 19.4 Å². The molecule has 9 heteroatoms. The summed E-state index contributed by atoms with van der Waals surface area (Å²) in [4.78, 5) is 11.1. The van der Waals surface area contributed by atoms with Crippen molar-refractivity contribution >= 4 is 47.0 Å². The normalized spacial score (nSPS) is 11.7. The zero-order valence-corrected chi connectivity index (χ0v) is 12.8. The highest BCUT2D eigenvalue weighted by Crippen LogP contribution is 2.35. The van der Waals surface area contributed by atoms with Gasteiger partial charge >= 0.3 is 5.97 Å². The Morgan fingerprint density at radius 2 is 2.10 bits per heavy atom. The van der Waals surface area contributed by atoms with Crippen molar-refractivity contribution in [1.82, 2.24) is 10.2 Å². The van der Waals surface area contributed by atoms with Gasteiger partial charge < -0.3 is 14.6 Å². The lowest BCUT2D eigenvalue weighted by Gasteiger charge is -2.04. The van der Waals surface area contributed by atoms with Crippen LogP contribution in [0.25, 0.3) is 6.08 Å². The van der Waals surface area contributed by atoms with E-state index >= 15 is 0 Å². The maximum Gasteiger partial charge on any atom is 0.342 e. The Morgan fingerprint density at radius 3 is 2.67 bits per heavy atom. The molecule has 0 spiro atoms. The average Bonchev–Trinajstić information content (AvgIpc) is 2.79. The molecule has 6 nitrogen and oxygen atoms in total. The molecule has 0 bridgehead atoms. The quantitative estimate of drug-likeness (QED) is 0.644. The third-order valence-corrected chi connectivity index (χ3v) is 3.62. The molecule has 21 heavy (non-hydrogen) atoms. The summed E-state index contributed by atoms with van der Waals surface area (Å²) in [5.74, 6) is -1.16. The monoisotopic (exact) mass is 346 g/mol. The number of thioether (sulfide) groups is 1. The number of carboxylic acid groups (broad SMARTS) is 1. The Hall–Kier alpha value is -1.70. The summed E-state index contributed by atoms with van der Waals surface area (Å²) in [5.41, 5.74) is 0.175. The summed E-state index contributed by atoms with van der Waals surface area (Å²) in [6.45, 7) is 1.59. The predicted octanol–water partition coefficient (Wildman–Crippen LogP) is 3.61. The van der Waals surface area contributed by atoms with Crippen LogP contribution in [0.4, 0.5) is 0 Å². The smallest absolute Gasteiger partial charge is 0.342 e. The highest BCUT2D eigenvalue weighted by Gasteiger charge is 2.16. The number of hydrogen-bond acceptors (Lipinski definition) is 6. The lowest BCUT2D eigenvalue weighted by atomic mass is 10.2. The van der Waals surface area contributed by atoms with Gasteiger partial charge in [-0.15, -0.1) is 10.2 Å². The molecule has 110 valence electrons. The number of rotatable bonds is 4. The van der Waals surface area contributed by atoms with E-state index in [2.05, 4.69) is 10.2 Å². The van der Waals surface area contributed by atoms with Gasteiger partial charge in [0.2, 0.25) is 5.89 Å². The molecule has 0 saturated heterocycles. The minimum absolute atomic E-state index is 0.0251. The van der Waals surface area contributed by atoms with Crippen LogP contribution in [-0.4, -0.2) is 26.4 Å². The van der Waals surface area contributed by atoms with Crippen molar-refractivity contribution in [3.63, 3.8) is 0 Å². The number of phenols is 1. The molecule has 2 N–H and O–H groups in total. The van der Waals surface area contributed by atoms with Gasteiger partial charge in [0.25, 0.3) is 5.22 Å². The Balaban J connectivity index is 2.40. The zero-order chi connectivity index (χ0) is 15.6. The van der Waals surface area contributed by atoms with E-state index in [9.17, 15) is 15.0 Å². The molecule has 0 radical (unpaired) electrons. The number of aryl methyl sites for hydroxylation is 1. The van der Waals surface area contributed by atoms with Crippen molar-refractivity contribution in [1.29, 1.82) is 0 Å². The Bertz CT molecular complexity index is 730. The average molecular weight is 347 g/mol. The first-order valence-corrected chi connectivity index (χ1v) is 7.05. The van der Waals surface area contributed by atoms with Crippen LogP contribution in [0.3, 0.4) is 0 Å². The molecule has 0 atom stereocenters. The van der Waals surface area contributed by atoms with Gasteiger partial charge in [0.05, 0.1) is 5.02 Å². The number of aliphatic carboxylic acids is 1. The van der Waals surface area contributed by atoms with E-state index in [1.807, 2.05) is 0 Å².